The van der Waals surface area contributed by atoms with E-state index in [9.17, 15) is 4.79 Å². The van der Waals surface area contributed by atoms with Crippen molar-refractivity contribution in [1.29, 1.82) is 0 Å². The molecule has 10 heteroatoms. The quantitative estimate of drug-likeness (QED) is 0.474. The standard InChI is InChI=1S/C21H23N7O2S/c1-12-23-24-19(31-12)10-22-16-9-18(25-28(3)21(16)29)30-11-13-8-15(13)20-14-6-4-5-7-17(14)27(2)26-20/h4-7,9,13,15,22H,8,10-11H2,1-3H3/t13-,15+/m1/s1. The number of nitrogens with zero attached hydrogens (tertiary/aromatic N) is 6. The summed E-state index contributed by atoms with van der Waals surface area (Å²) in [5.74, 6) is 1.20. The van der Waals surface area contributed by atoms with Gasteiger partial charge in [-0.3, -0.25) is 9.48 Å². The summed E-state index contributed by atoms with van der Waals surface area (Å²) < 4.78 is 9.19. The zero-order valence-corrected chi connectivity index (χ0v) is 18.4. The lowest BCUT2D eigenvalue weighted by Crippen LogP contribution is -2.24. The maximum absolute atomic E-state index is 12.4. The van der Waals surface area contributed by atoms with Gasteiger partial charge in [0.25, 0.3) is 5.56 Å². The number of benzene rings is 1. The number of aromatic nitrogens is 6. The number of rotatable bonds is 7. The summed E-state index contributed by atoms with van der Waals surface area (Å²) in [6, 6.07) is 9.95. The van der Waals surface area contributed by atoms with Gasteiger partial charge in [0, 0.05) is 37.4 Å². The van der Waals surface area contributed by atoms with Crippen LogP contribution in [0.5, 0.6) is 5.88 Å². The largest absolute Gasteiger partial charge is 0.476 e. The van der Waals surface area contributed by atoms with Crippen molar-refractivity contribution in [1.82, 2.24) is 29.8 Å². The van der Waals surface area contributed by atoms with Crippen molar-refractivity contribution in [3.05, 3.63) is 56.4 Å². The molecule has 31 heavy (non-hydrogen) atoms. The molecule has 1 aliphatic carbocycles. The van der Waals surface area contributed by atoms with Crippen LogP contribution in [0, 0.1) is 12.8 Å². The summed E-state index contributed by atoms with van der Waals surface area (Å²) >= 11 is 1.50. The highest BCUT2D eigenvalue weighted by atomic mass is 32.1. The molecule has 0 spiro atoms. The SMILES string of the molecule is Cc1nnc(CNc2cc(OC[C@H]3C[C@@H]3c3nn(C)c4ccccc34)nn(C)c2=O)s1. The number of anilines is 1. The number of nitrogens with one attached hydrogen (secondary N) is 1. The van der Waals surface area contributed by atoms with Crippen LogP contribution in [0.1, 0.15) is 28.0 Å². The Hall–Kier alpha value is -3.27. The third-order valence-electron chi connectivity index (χ3n) is 5.54. The van der Waals surface area contributed by atoms with Gasteiger partial charge in [-0.15, -0.1) is 15.3 Å². The number of fused-ring (bicyclic) bond motifs is 1. The Morgan fingerprint density at radius 1 is 1.19 bits per heavy atom. The van der Waals surface area contributed by atoms with Crippen molar-refractivity contribution in [2.75, 3.05) is 11.9 Å². The van der Waals surface area contributed by atoms with Crippen LogP contribution in [0.2, 0.25) is 0 Å². The molecular weight excluding hydrogens is 414 g/mol. The smallest absolute Gasteiger partial charge is 0.290 e. The molecule has 0 amide bonds. The van der Waals surface area contributed by atoms with Gasteiger partial charge < -0.3 is 10.1 Å². The van der Waals surface area contributed by atoms with E-state index in [-0.39, 0.29) is 5.56 Å². The number of ether oxygens (including phenoxy) is 1. The van der Waals surface area contributed by atoms with E-state index in [1.165, 1.54) is 21.4 Å². The fourth-order valence-corrected chi connectivity index (χ4v) is 4.48. The monoisotopic (exact) mass is 437 g/mol. The van der Waals surface area contributed by atoms with Gasteiger partial charge in [-0.1, -0.05) is 29.5 Å². The molecule has 1 aliphatic rings. The molecule has 1 fully saturated rings. The number of hydrogen-bond acceptors (Lipinski definition) is 8. The highest BCUT2D eigenvalue weighted by Gasteiger charge is 2.42. The molecular formula is C21H23N7O2S. The summed E-state index contributed by atoms with van der Waals surface area (Å²) in [5, 5.41) is 23.1. The molecule has 3 aromatic heterocycles. The number of hydrogen-bond donors (Lipinski definition) is 1. The maximum atomic E-state index is 12.4. The third kappa shape index (κ3) is 3.90. The van der Waals surface area contributed by atoms with Crippen LogP contribution in [0.25, 0.3) is 10.9 Å². The molecule has 1 saturated carbocycles. The summed E-state index contributed by atoms with van der Waals surface area (Å²) in [7, 11) is 3.60. The summed E-state index contributed by atoms with van der Waals surface area (Å²) in [4.78, 5) is 12.4. The lowest BCUT2D eigenvalue weighted by atomic mass is 10.1. The Kier molecular flexibility index (Phi) is 4.93. The van der Waals surface area contributed by atoms with Crippen LogP contribution in [0.15, 0.2) is 35.1 Å². The second kappa shape index (κ2) is 7.77. The zero-order valence-electron chi connectivity index (χ0n) is 17.6. The van der Waals surface area contributed by atoms with E-state index >= 15 is 0 Å². The molecule has 0 aliphatic heterocycles. The lowest BCUT2D eigenvalue weighted by Gasteiger charge is -2.10. The molecule has 0 bridgehead atoms. The first-order valence-electron chi connectivity index (χ1n) is 10.1. The molecule has 4 aromatic rings. The third-order valence-corrected chi connectivity index (χ3v) is 6.38. The van der Waals surface area contributed by atoms with Crippen LogP contribution in [0.4, 0.5) is 5.69 Å². The van der Waals surface area contributed by atoms with Gasteiger partial charge in [0.1, 0.15) is 15.7 Å². The number of aryl methyl sites for hydroxylation is 3. The van der Waals surface area contributed by atoms with Crippen molar-refractivity contribution >= 4 is 27.9 Å². The summed E-state index contributed by atoms with van der Waals surface area (Å²) in [6.07, 6.45) is 1.04. The lowest BCUT2D eigenvalue weighted by molar-refractivity contribution is 0.278. The normalized spacial score (nSPS) is 17.8. The Bertz CT molecular complexity index is 1310. The van der Waals surface area contributed by atoms with E-state index in [0.29, 0.717) is 36.6 Å². The van der Waals surface area contributed by atoms with Gasteiger partial charge in [-0.25, -0.2) is 4.68 Å². The molecule has 160 valence electrons. The van der Waals surface area contributed by atoms with Crippen molar-refractivity contribution in [3.63, 3.8) is 0 Å². The van der Waals surface area contributed by atoms with E-state index in [1.807, 2.05) is 30.8 Å². The second-order valence-corrected chi connectivity index (χ2v) is 9.10. The molecule has 3 heterocycles. The second-order valence-electron chi connectivity index (χ2n) is 7.83. The van der Waals surface area contributed by atoms with Crippen molar-refractivity contribution in [3.8, 4) is 5.88 Å². The van der Waals surface area contributed by atoms with Crippen molar-refractivity contribution < 1.29 is 4.74 Å². The highest BCUT2D eigenvalue weighted by molar-refractivity contribution is 7.11. The van der Waals surface area contributed by atoms with Crippen molar-refractivity contribution in [2.24, 2.45) is 20.0 Å². The molecule has 5 rings (SSSR count). The van der Waals surface area contributed by atoms with Crippen LogP contribution < -0.4 is 15.6 Å². The number of para-hydroxylation sites is 1. The van der Waals surface area contributed by atoms with Crippen LogP contribution in [-0.2, 0) is 20.6 Å². The topological polar surface area (TPSA) is 99.8 Å². The molecule has 2 atom stereocenters. The van der Waals surface area contributed by atoms with E-state index in [2.05, 4.69) is 32.7 Å². The molecule has 0 saturated heterocycles. The van der Waals surface area contributed by atoms with Crippen LogP contribution >= 0.6 is 11.3 Å². The van der Waals surface area contributed by atoms with Gasteiger partial charge in [0.2, 0.25) is 5.88 Å². The maximum Gasteiger partial charge on any atom is 0.290 e. The average Bonchev–Trinajstić information content (AvgIpc) is 3.29. The Labute approximate surface area is 182 Å². The predicted octanol–water partition coefficient (Wildman–Crippen LogP) is 2.62. The fourth-order valence-electron chi connectivity index (χ4n) is 3.83. The Balaban J connectivity index is 1.25. The first-order valence-corrected chi connectivity index (χ1v) is 11.0. The molecule has 9 nitrogen and oxygen atoms in total. The van der Waals surface area contributed by atoms with E-state index in [4.69, 9.17) is 9.84 Å². The van der Waals surface area contributed by atoms with Gasteiger partial charge in [-0.2, -0.15) is 5.10 Å². The summed E-state index contributed by atoms with van der Waals surface area (Å²) in [5.41, 5.74) is 2.50. The minimum atomic E-state index is -0.210. The van der Waals surface area contributed by atoms with E-state index < -0.39 is 0 Å². The first-order chi connectivity index (χ1) is 15.0. The average molecular weight is 438 g/mol. The minimum absolute atomic E-state index is 0.210. The van der Waals surface area contributed by atoms with Crippen molar-refractivity contribution in [2.45, 2.75) is 25.8 Å². The fraction of sp³-hybridized carbons (Fsp3) is 0.381. The Morgan fingerprint density at radius 3 is 2.84 bits per heavy atom. The highest BCUT2D eigenvalue weighted by Crippen LogP contribution is 2.48. The molecule has 0 radical (unpaired) electrons. The molecule has 0 unspecified atom stereocenters. The Morgan fingerprint density at radius 2 is 2.03 bits per heavy atom. The van der Waals surface area contributed by atoms with E-state index in [0.717, 1.165) is 27.6 Å². The summed E-state index contributed by atoms with van der Waals surface area (Å²) in [6.45, 7) is 2.87. The van der Waals surface area contributed by atoms with Gasteiger partial charge >= 0.3 is 0 Å². The molecule has 1 N–H and O–H groups in total. The minimum Gasteiger partial charge on any atom is -0.476 e. The first kappa shape index (κ1) is 19.7. The van der Waals surface area contributed by atoms with Gasteiger partial charge in [-0.05, 0) is 19.4 Å². The van der Waals surface area contributed by atoms with Gasteiger partial charge in [0.15, 0.2) is 0 Å². The van der Waals surface area contributed by atoms with Crippen LogP contribution in [-0.4, -0.2) is 36.4 Å². The van der Waals surface area contributed by atoms with E-state index in [1.54, 1.807) is 13.1 Å². The zero-order chi connectivity index (χ0) is 21.5. The predicted molar refractivity (Wildman–Crippen MR) is 119 cm³/mol. The van der Waals surface area contributed by atoms with Gasteiger partial charge in [0.05, 0.1) is 24.4 Å². The van der Waals surface area contributed by atoms with Crippen LogP contribution in [0.3, 0.4) is 0 Å². The molecule has 1 aromatic carbocycles.